The maximum absolute atomic E-state index is 11.6. The van der Waals surface area contributed by atoms with Crippen LogP contribution in [0.1, 0.15) is 48.0 Å². The van der Waals surface area contributed by atoms with Crippen LogP contribution in [0, 0.1) is 0 Å². The van der Waals surface area contributed by atoms with Gasteiger partial charge in [-0.25, -0.2) is 0 Å². The third-order valence-electron chi connectivity index (χ3n) is 3.58. The summed E-state index contributed by atoms with van der Waals surface area (Å²) in [6.45, 7) is 0. The molecule has 2 nitrogen and oxygen atoms in total. The lowest BCUT2D eigenvalue weighted by Gasteiger charge is -2.27. The molecular weight excluding hydrogens is 200 g/mol. The number of ketones is 1. The molecule has 2 aliphatic rings. The van der Waals surface area contributed by atoms with E-state index in [1.54, 1.807) is 0 Å². The molecule has 3 rings (SSSR count). The summed E-state index contributed by atoms with van der Waals surface area (Å²) in [5.41, 5.74) is 2.08. The molecular formula is C14H16O2. The van der Waals surface area contributed by atoms with Crippen LogP contribution < -0.4 is 4.74 Å². The van der Waals surface area contributed by atoms with Crippen molar-refractivity contribution in [2.75, 3.05) is 0 Å². The summed E-state index contributed by atoms with van der Waals surface area (Å²) >= 11 is 0. The molecule has 2 heteroatoms. The Morgan fingerprint density at radius 1 is 1.12 bits per heavy atom. The lowest BCUT2D eigenvalue weighted by atomic mass is 9.90. The van der Waals surface area contributed by atoms with E-state index in [-0.39, 0.29) is 5.78 Å². The summed E-state index contributed by atoms with van der Waals surface area (Å²) in [4.78, 5) is 11.6. The third-order valence-corrected chi connectivity index (χ3v) is 3.58. The first kappa shape index (κ1) is 9.88. The van der Waals surface area contributed by atoms with Gasteiger partial charge in [-0.3, -0.25) is 4.79 Å². The fourth-order valence-corrected chi connectivity index (χ4v) is 2.38. The number of fused-ring (bicyclic) bond motifs is 1. The fraction of sp³-hybridized carbons (Fsp3) is 0.500. The second-order valence-corrected chi connectivity index (χ2v) is 4.77. The minimum atomic E-state index is 0.288. The third kappa shape index (κ3) is 1.73. The molecule has 84 valence electrons. The van der Waals surface area contributed by atoms with Gasteiger partial charge in [0.05, 0.1) is 6.10 Å². The summed E-state index contributed by atoms with van der Waals surface area (Å²) in [5.74, 6) is 1.23. The quantitative estimate of drug-likeness (QED) is 0.759. The van der Waals surface area contributed by atoms with Crippen LogP contribution in [-0.2, 0) is 6.42 Å². The van der Waals surface area contributed by atoms with Crippen molar-refractivity contribution in [3.8, 4) is 5.75 Å². The van der Waals surface area contributed by atoms with Crippen LogP contribution in [0.15, 0.2) is 18.2 Å². The number of hydrogen-bond acceptors (Lipinski definition) is 2. The number of rotatable bonds is 2. The molecule has 0 atom stereocenters. The van der Waals surface area contributed by atoms with Gasteiger partial charge < -0.3 is 4.74 Å². The van der Waals surface area contributed by atoms with Gasteiger partial charge in [-0.2, -0.15) is 0 Å². The molecule has 0 N–H and O–H groups in total. The lowest BCUT2D eigenvalue weighted by Crippen LogP contribution is -2.24. The van der Waals surface area contributed by atoms with Crippen molar-refractivity contribution in [3.05, 3.63) is 29.3 Å². The molecule has 0 aliphatic heterocycles. The van der Waals surface area contributed by atoms with Gasteiger partial charge in [0.2, 0.25) is 0 Å². The van der Waals surface area contributed by atoms with Gasteiger partial charge >= 0.3 is 0 Å². The lowest BCUT2D eigenvalue weighted by molar-refractivity contribution is 0.0972. The zero-order chi connectivity index (χ0) is 11.0. The summed E-state index contributed by atoms with van der Waals surface area (Å²) in [5, 5.41) is 0. The van der Waals surface area contributed by atoms with Crippen molar-refractivity contribution in [1.82, 2.24) is 0 Å². The monoisotopic (exact) mass is 216 g/mol. The fourth-order valence-electron chi connectivity index (χ4n) is 2.38. The Kier molecular flexibility index (Phi) is 2.43. The van der Waals surface area contributed by atoms with Crippen molar-refractivity contribution in [2.24, 2.45) is 0 Å². The van der Waals surface area contributed by atoms with E-state index in [1.165, 1.54) is 24.8 Å². The van der Waals surface area contributed by atoms with Crippen LogP contribution in [0.4, 0.5) is 0 Å². The molecule has 0 spiro atoms. The number of Topliss-reactive ketones (excluding diaryl/α,β-unsaturated/α-hetero) is 1. The molecule has 0 saturated heterocycles. The number of aryl methyl sites for hydroxylation is 1. The van der Waals surface area contributed by atoms with Crippen LogP contribution in [-0.4, -0.2) is 11.9 Å². The van der Waals surface area contributed by atoms with E-state index >= 15 is 0 Å². The van der Waals surface area contributed by atoms with Crippen molar-refractivity contribution in [3.63, 3.8) is 0 Å². The zero-order valence-electron chi connectivity index (χ0n) is 9.37. The molecule has 0 aromatic heterocycles. The molecule has 0 bridgehead atoms. The first-order valence-corrected chi connectivity index (χ1v) is 6.16. The Balaban J connectivity index is 1.83. The summed E-state index contributed by atoms with van der Waals surface area (Å²) in [7, 11) is 0. The van der Waals surface area contributed by atoms with Gasteiger partial charge in [-0.1, -0.05) is 0 Å². The predicted molar refractivity (Wildman–Crippen MR) is 62.0 cm³/mol. The first-order chi connectivity index (χ1) is 7.83. The van der Waals surface area contributed by atoms with Gasteiger partial charge in [0.1, 0.15) is 5.75 Å². The highest BCUT2D eigenvalue weighted by Gasteiger charge is 2.21. The molecule has 0 amide bonds. The highest BCUT2D eigenvalue weighted by molar-refractivity contribution is 5.98. The maximum Gasteiger partial charge on any atom is 0.163 e. The number of ether oxygens (including phenoxy) is 1. The minimum Gasteiger partial charge on any atom is -0.490 e. The van der Waals surface area contributed by atoms with E-state index in [0.717, 1.165) is 24.2 Å². The van der Waals surface area contributed by atoms with Crippen molar-refractivity contribution in [2.45, 2.75) is 44.6 Å². The summed E-state index contributed by atoms with van der Waals surface area (Å²) in [6.07, 6.45) is 6.76. The second-order valence-electron chi connectivity index (χ2n) is 4.77. The predicted octanol–water partition coefficient (Wildman–Crippen LogP) is 3.14. The Labute approximate surface area is 95.6 Å². The number of carbonyl (C=O) groups is 1. The Morgan fingerprint density at radius 3 is 2.75 bits per heavy atom. The van der Waals surface area contributed by atoms with Crippen molar-refractivity contribution < 1.29 is 9.53 Å². The number of hydrogen-bond donors (Lipinski definition) is 0. The largest absolute Gasteiger partial charge is 0.490 e. The minimum absolute atomic E-state index is 0.288. The van der Waals surface area contributed by atoms with Crippen LogP contribution >= 0.6 is 0 Å². The SMILES string of the molecule is O=C1CCCc2cc(OC3CCC3)ccc21. The normalized spacial score (nSPS) is 20.1. The molecule has 16 heavy (non-hydrogen) atoms. The molecule has 0 unspecified atom stereocenters. The maximum atomic E-state index is 11.6. The first-order valence-electron chi connectivity index (χ1n) is 6.16. The van der Waals surface area contributed by atoms with E-state index in [0.29, 0.717) is 12.5 Å². The molecule has 1 aromatic carbocycles. The van der Waals surface area contributed by atoms with Crippen molar-refractivity contribution >= 4 is 5.78 Å². The van der Waals surface area contributed by atoms with Crippen LogP contribution in [0.3, 0.4) is 0 Å². The van der Waals surface area contributed by atoms with Crippen LogP contribution in [0.25, 0.3) is 0 Å². The van der Waals surface area contributed by atoms with Crippen LogP contribution in [0.5, 0.6) is 5.75 Å². The smallest absolute Gasteiger partial charge is 0.163 e. The van der Waals surface area contributed by atoms with Crippen molar-refractivity contribution in [1.29, 1.82) is 0 Å². The van der Waals surface area contributed by atoms with E-state index < -0.39 is 0 Å². The number of carbonyl (C=O) groups excluding carboxylic acids is 1. The van der Waals surface area contributed by atoms with E-state index in [4.69, 9.17) is 4.74 Å². The zero-order valence-corrected chi connectivity index (χ0v) is 9.37. The van der Waals surface area contributed by atoms with Crippen LogP contribution in [0.2, 0.25) is 0 Å². The Hall–Kier alpha value is -1.31. The molecule has 0 radical (unpaired) electrons. The summed E-state index contributed by atoms with van der Waals surface area (Å²) in [6, 6.07) is 5.94. The van der Waals surface area contributed by atoms with Gasteiger partial charge in [0, 0.05) is 12.0 Å². The van der Waals surface area contributed by atoms with Gasteiger partial charge in [0.15, 0.2) is 5.78 Å². The number of benzene rings is 1. The van der Waals surface area contributed by atoms with E-state index in [9.17, 15) is 4.79 Å². The highest BCUT2D eigenvalue weighted by Crippen LogP contribution is 2.29. The molecule has 2 aliphatic carbocycles. The summed E-state index contributed by atoms with van der Waals surface area (Å²) < 4.78 is 5.84. The second kappa shape index (κ2) is 3.93. The standard InChI is InChI=1S/C14H16O2/c15-14-6-1-3-10-9-12(7-8-13(10)14)16-11-4-2-5-11/h7-9,11H,1-6H2. The van der Waals surface area contributed by atoms with E-state index in [2.05, 4.69) is 6.07 Å². The Bertz CT molecular complexity index is 419. The topological polar surface area (TPSA) is 26.3 Å². The molecule has 1 fully saturated rings. The average Bonchev–Trinajstić information content (AvgIpc) is 2.24. The van der Waals surface area contributed by atoms with Gasteiger partial charge in [-0.15, -0.1) is 0 Å². The van der Waals surface area contributed by atoms with Gasteiger partial charge in [0.25, 0.3) is 0 Å². The van der Waals surface area contributed by atoms with Gasteiger partial charge in [-0.05, 0) is 55.9 Å². The highest BCUT2D eigenvalue weighted by atomic mass is 16.5. The Morgan fingerprint density at radius 2 is 2.00 bits per heavy atom. The van der Waals surface area contributed by atoms with E-state index in [1.807, 2.05) is 12.1 Å². The molecule has 0 heterocycles. The average molecular weight is 216 g/mol. The molecule has 1 aromatic rings. The molecule has 1 saturated carbocycles.